The highest BCUT2D eigenvalue weighted by Gasteiger charge is 2.29. The van der Waals surface area contributed by atoms with E-state index in [-0.39, 0.29) is 5.91 Å². The Morgan fingerprint density at radius 1 is 1.28 bits per heavy atom. The van der Waals surface area contributed by atoms with Gasteiger partial charge in [0.2, 0.25) is 6.10 Å². The van der Waals surface area contributed by atoms with Gasteiger partial charge in [-0.2, -0.15) is 5.10 Å². The van der Waals surface area contributed by atoms with Gasteiger partial charge in [-0.3, -0.25) is 4.79 Å². The van der Waals surface area contributed by atoms with Crippen molar-refractivity contribution in [1.29, 1.82) is 0 Å². The van der Waals surface area contributed by atoms with Crippen LogP contribution in [0.5, 0.6) is 0 Å². The summed E-state index contributed by atoms with van der Waals surface area (Å²) >= 11 is 0. The molecule has 0 aliphatic carbocycles. The fourth-order valence-corrected chi connectivity index (χ4v) is 3.08. The lowest BCUT2D eigenvalue weighted by molar-refractivity contribution is -0.125. The van der Waals surface area contributed by atoms with Gasteiger partial charge in [0.1, 0.15) is 5.82 Å². The summed E-state index contributed by atoms with van der Waals surface area (Å²) in [5.41, 5.74) is 1.77. The maximum absolute atomic E-state index is 12.5. The first-order valence-corrected chi connectivity index (χ1v) is 8.48. The monoisotopic (exact) mass is 340 g/mol. The smallest absolute Gasteiger partial charge is 0.269 e. The van der Waals surface area contributed by atoms with Crippen LogP contribution >= 0.6 is 0 Å². The van der Waals surface area contributed by atoms with E-state index >= 15 is 0 Å². The zero-order chi connectivity index (χ0) is 17.1. The molecular weight excluding hydrogens is 320 g/mol. The van der Waals surface area contributed by atoms with Crippen molar-refractivity contribution in [1.82, 2.24) is 9.78 Å². The van der Waals surface area contributed by atoms with Crippen LogP contribution < -0.4 is 5.32 Å². The molecule has 7 nitrogen and oxygen atoms in total. The molecular formula is C18H20N4O3. The number of benzene rings is 1. The molecule has 1 aromatic carbocycles. The number of anilines is 1. The molecule has 0 unspecified atom stereocenters. The van der Waals surface area contributed by atoms with Gasteiger partial charge in [0.15, 0.2) is 0 Å². The highest BCUT2D eigenvalue weighted by atomic mass is 16.6. The first kappa shape index (κ1) is 15.8. The van der Waals surface area contributed by atoms with Gasteiger partial charge in [0, 0.05) is 31.6 Å². The van der Waals surface area contributed by atoms with Gasteiger partial charge >= 0.3 is 0 Å². The molecule has 1 amide bonds. The Labute approximate surface area is 145 Å². The molecule has 7 heteroatoms. The quantitative estimate of drug-likeness (QED) is 0.904. The first-order valence-electron chi connectivity index (χ1n) is 8.48. The largest absolute Gasteiger partial charge is 0.382 e. The highest BCUT2D eigenvalue weighted by Crippen LogP contribution is 2.20. The lowest BCUT2D eigenvalue weighted by Crippen LogP contribution is -2.29. The Morgan fingerprint density at radius 3 is 2.96 bits per heavy atom. The van der Waals surface area contributed by atoms with Crippen molar-refractivity contribution in [2.24, 2.45) is 11.1 Å². The Hall–Kier alpha value is -2.67. The van der Waals surface area contributed by atoms with Gasteiger partial charge in [0.05, 0.1) is 18.5 Å². The number of nitrogens with one attached hydrogen (secondary N) is 1. The molecule has 1 saturated heterocycles. The van der Waals surface area contributed by atoms with Crippen LogP contribution in [-0.2, 0) is 20.9 Å². The Morgan fingerprint density at radius 2 is 2.16 bits per heavy atom. The molecule has 2 aromatic rings. The maximum atomic E-state index is 12.5. The van der Waals surface area contributed by atoms with Gasteiger partial charge in [-0.05, 0) is 12.0 Å². The van der Waals surface area contributed by atoms with Crippen molar-refractivity contribution >= 4 is 17.4 Å². The molecule has 0 saturated carbocycles. The minimum Gasteiger partial charge on any atom is -0.382 e. The first-order chi connectivity index (χ1) is 12.3. The second-order valence-electron chi connectivity index (χ2n) is 6.32. The zero-order valence-corrected chi connectivity index (χ0v) is 13.8. The minimum absolute atomic E-state index is 0.209. The Kier molecular flexibility index (Phi) is 4.47. The van der Waals surface area contributed by atoms with E-state index in [1.807, 2.05) is 35.0 Å². The number of hydrogen-bond donors (Lipinski definition) is 1. The Balaban J connectivity index is 1.36. The molecule has 1 fully saturated rings. The average molecular weight is 340 g/mol. The molecule has 4 rings (SSSR count). The highest BCUT2D eigenvalue weighted by molar-refractivity contribution is 6.05. The van der Waals surface area contributed by atoms with E-state index in [0.717, 1.165) is 37.5 Å². The number of oxime groups is 1. The van der Waals surface area contributed by atoms with E-state index in [0.29, 0.717) is 18.2 Å². The number of hydrogen-bond acceptors (Lipinski definition) is 5. The van der Waals surface area contributed by atoms with E-state index in [4.69, 9.17) is 9.57 Å². The summed E-state index contributed by atoms with van der Waals surface area (Å²) in [6, 6.07) is 11.5. The molecule has 0 bridgehead atoms. The van der Waals surface area contributed by atoms with Crippen LogP contribution in [0.1, 0.15) is 18.4 Å². The lowest BCUT2D eigenvalue weighted by atomic mass is 10.0. The van der Waals surface area contributed by atoms with Crippen LogP contribution in [-0.4, -0.2) is 40.7 Å². The van der Waals surface area contributed by atoms with Gasteiger partial charge in [-0.1, -0.05) is 35.5 Å². The average Bonchev–Trinajstić information content (AvgIpc) is 3.38. The van der Waals surface area contributed by atoms with Crippen LogP contribution in [0.2, 0.25) is 0 Å². The van der Waals surface area contributed by atoms with Crippen LogP contribution in [0, 0.1) is 5.92 Å². The summed E-state index contributed by atoms with van der Waals surface area (Å²) in [6.07, 6.45) is 2.55. The third-order valence-corrected chi connectivity index (χ3v) is 4.49. The summed E-state index contributed by atoms with van der Waals surface area (Å²) < 4.78 is 7.21. The standard InChI is InChI=1S/C18H20N4O3/c23-18(16-10-15(21-25-16)14-4-2-1-3-5-14)20-17-6-8-19-22(17)11-13-7-9-24-12-13/h1-6,8,13,16H,7,9-12H2,(H,20,23)/t13-,16-/m0/s1. The van der Waals surface area contributed by atoms with E-state index in [9.17, 15) is 4.79 Å². The fourth-order valence-electron chi connectivity index (χ4n) is 3.08. The number of carbonyl (C=O) groups excluding carboxylic acids is 1. The molecule has 130 valence electrons. The van der Waals surface area contributed by atoms with Gasteiger partial charge in [-0.25, -0.2) is 4.68 Å². The van der Waals surface area contributed by atoms with Crippen LogP contribution in [0.25, 0.3) is 0 Å². The van der Waals surface area contributed by atoms with Crippen LogP contribution in [0.3, 0.4) is 0 Å². The molecule has 0 radical (unpaired) electrons. The van der Waals surface area contributed by atoms with Gasteiger partial charge in [-0.15, -0.1) is 0 Å². The SMILES string of the molecule is O=C(Nc1ccnn1C[C@@H]1CCOC1)[C@@H]1CC(c2ccccc2)=NO1. The molecule has 1 N–H and O–H groups in total. The molecule has 0 spiro atoms. The second kappa shape index (κ2) is 7.06. The number of nitrogens with zero attached hydrogens (tertiary/aromatic N) is 3. The molecule has 2 atom stereocenters. The third kappa shape index (κ3) is 3.56. The van der Waals surface area contributed by atoms with Crippen molar-refractivity contribution in [2.75, 3.05) is 18.5 Å². The number of carbonyl (C=O) groups is 1. The summed E-state index contributed by atoms with van der Waals surface area (Å²) in [7, 11) is 0. The number of rotatable bonds is 5. The Bertz CT molecular complexity index is 766. The molecule has 3 heterocycles. The molecule has 1 aromatic heterocycles. The van der Waals surface area contributed by atoms with Crippen molar-refractivity contribution < 1.29 is 14.4 Å². The van der Waals surface area contributed by atoms with Crippen LogP contribution in [0.15, 0.2) is 47.8 Å². The van der Waals surface area contributed by atoms with E-state index in [1.54, 1.807) is 12.3 Å². The summed E-state index contributed by atoms with van der Waals surface area (Å²) in [5.74, 6) is 0.902. The van der Waals surface area contributed by atoms with E-state index < -0.39 is 6.10 Å². The number of amides is 1. The van der Waals surface area contributed by atoms with Crippen molar-refractivity contribution in [3.05, 3.63) is 48.2 Å². The molecule has 2 aliphatic heterocycles. The minimum atomic E-state index is -0.617. The predicted octanol–water partition coefficient (Wildman–Crippen LogP) is 2.05. The van der Waals surface area contributed by atoms with Crippen molar-refractivity contribution in [2.45, 2.75) is 25.5 Å². The maximum Gasteiger partial charge on any atom is 0.269 e. The fraction of sp³-hybridized carbons (Fsp3) is 0.389. The van der Waals surface area contributed by atoms with Crippen molar-refractivity contribution in [3.63, 3.8) is 0 Å². The van der Waals surface area contributed by atoms with E-state index in [1.165, 1.54) is 0 Å². The summed E-state index contributed by atoms with van der Waals surface area (Å²) in [6.45, 7) is 2.27. The van der Waals surface area contributed by atoms with E-state index in [2.05, 4.69) is 15.6 Å². The lowest BCUT2D eigenvalue weighted by Gasteiger charge is -2.13. The van der Waals surface area contributed by atoms with Crippen molar-refractivity contribution in [3.8, 4) is 0 Å². The predicted molar refractivity (Wildman–Crippen MR) is 92.3 cm³/mol. The second-order valence-corrected chi connectivity index (χ2v) is 6.32. The number of ether oxygens (including phenoxy) is 1. The van der Waals surface area contributed by atoms with Gasteiger partial charge < -0.3 is 14.9 Å². The van der Waals surface area contributed by atoms with Gasteiger partial charge in [0.25, 0.3) is 5.91 Å². The molecule has 25 heavy (non-hydrogen) atoms. The summed E-state index contributed by atoms with van der Waals surface area (Å²) in [5, 5.41) is 11.3. The third-order valence-electron chi connectivity index (χ3n) is 4.49. The summed E-state index contributed by atoms with van der Waals surface area (Å²) in [4.78, 5) is 17.8. The normalized spacial score (nSPS) is 22.5. The topological polar surface area (TPSA) is 77.7 Å². The number of aromatic nitrogens is 2. The van der Waals surface area contributed by atoms with Crippen LogP contribution in [0.4, 0.5) is 5.82 Å². The molecule has 2 aliphatic rings. The zero-order valence-electron chi connectivity index (χ0n) is 13.8.